The van der Waals surface area contributed by atoms with Crippen LogP contribution in [0, 0.1) is 0 Å². The van der Waals surface area contributed by atoms with E-state index in [0.717, 1.165) is 16.3 Å². The van der Waals surface area contributed by atoms with Crippen LogP contribution in [0.3, 0.4) is 0 Å². The molecule has 0 saturated heterocycles. The molecule has 0 unspecified atom stereocenters. The van der Waals surface area contributed by atoms with Gasteiger partial charge in [-0.05, 0) is 72.8 Å². The van der Waals surface area contributed by atoms with E-state index in [-0.39, 0.29) is 17.6 Å². The predicted octanol–water partition coefficient (Wildman–Crippen LogP) is 6.40. The maximum atomic E-state index is 13.2. The number of hydrogen-bond donors (Lipinski definition) is 1. The Kier molecular flexibility index (Phi) is 7.63. The highest BCUT2D eigenvalue weighted by Crippen LogP contribution is 2.28. The van der Waals surface area contributed by atoms with Gasteiger partial charge in [-0.3, -0.25) is 14.5 Å². The van der Waals surface area contributed by atoms with Gasteiger partial charge in [0.2, 0.25) is 5.91 Å². The zero-order valence-corrected chi connectivity index (χ0v) is 19.5. The van der Waals surface area contributed by atoms with Gasteiger partial charge in [-0.2, -0.15) is 0 Å². The molecular formula is C28H24N2O3S. The number of anilines is 3. The summed E-state index contributed by atoms with van der Waals surface area (Å²) in [6.45, 7) is 0. The SMILES string of the molecule is COc1ccc(C(=O)Nc2ccc(SCC(=O)N(c3ccccc3)c3ccccc3)cc2)cc1. The summed E-state index contributed by atoms with van der Waals surface area (Å²) in [6, 6.07) is 33.7. The summed E-state index contributed by atoms with van der Waals surface area (Å²) in [5.74, 6) is 0.769. The molecule has 0 spiro atoms. The molecule has 0 heterocycles. The fourth-order valence-electron chi connectivity index (χ4n) is 3.38. The van der Waals surface area contributed by atoms with Gasteiger partial charge in [0, 0.05) is 27.5 Å². The highest BCUT2D eigenvalue weighted by atomic mass is 32.2. The number of ether oxygens (including phenoxy) is 1. The minimum atomic E-state index is -0.195. The Morgan fingerprint density at radius 3 is 1.85 bits per heavy atom. The molecule has 0 aliphatic carbocycles. The topological polar surface area (TPSA) is 58.6 Å². The minimum Gasteiger partial charge on any atom is -0.497 e. The summed E-state index contributed by atoms with van der Waals surface area (Å²) < 4.78 is 5.12. The Hall–Kier alpha value is -4.03. The minimum absolute atomic E-state index is 0.0146. The van der Waals surface area contributed by atoms with Gasteiger partial charge >= 0.3 is 0 Å². The number of amides is 2. The van der Waals surface area contributed by atoms with Crippen LogP contribution in [-0.4, -0.2) is 24.7 Å². The van der Waals surface area contributed by atoms with Crippen LogP contribution in [0.5, 0.6) is 5.75 Å². The fraction of sp³-hybridized carbons (Fsp3) is 0.0714. The van der Waals surface area contributed by atoms with E-state index in [1.54, 1.807) is 36.3 Å². The van der Waals surface area contributed by atoms with Crippen molar-refractivity contribution in [3.8, 4) is 5.75 Å². The van der Waals surface area contributed by atoms with Crippen molar-refractivity contribution in [2.24, 2.45) is 0 Å². The smallest absolute Gasteiger partial charge is 0.255 e. The van der Waals surface area contributed by atoms with Crippen LogP contribution in [0.15, 0.2) is 114 Å². The second-order valence-electron chi connectivity index (χ2n) is 7.40. The molecule has 0 bridgehead atoms. The number of hydrogen-bond acceptors (Lipinski definition) is 4. The van der Waals surface area contributed by atoms with Gasteiger partial charge in [0.1, 0.15) is 5.75 Å². The number of nitrogens with zero attached hydrogens (tertiary/aromatic N) is 1. The van der Waals surface area contributed by atoms with Gasteiger partial charge in [-0.15, -0.1) is 11.8 Å². The van der Waals surface area contributed by atoms with Crippen LogP contribution in [0.25, 0.3) is 0 Å². The summed E-state index contributed by atoms with van der Waals surface area (Å²) in [5, 5.41) is 2.88. The molecule has 0 aromatic heterocycles. The van der Waals surface area contributed by atoms with Crippen molar-refractivity contribution in [1.29, 1.82) is 0 Å². The van der Waals surface area contributed by atoms with E-state index in [4.69, 9.17) is 4.74 Å². The summed E-state index contributed by atoms with van der Waals surface area (Å²) in [4.78, 5) is 28.3. The number of rotatable bonds is 8. The zero-order valence-electron chi connectivity index (χ0n) is 18.7. The Balaban J connectivity index is 1.39. The summed E-state index contributed by atoms with van der Waals surface area (Å²) in [7, 11) is 1.59. The van der Waals surface area contributed by atoms with Crippen LogP contribution in [0.1, 0.15) is 10.4 Å². The molecule has 0 radical (unpaired) electrons. The van der Waals surface area contributed by atoms with E-state index in [1.165, 1.54) is 11.8 Å². The molecule has 0 aliphatic heterocycles. The number of carbonyl (C=O) groups excluding carboxylic acids is 2. The van der Waals surface area contributed by atoms with Crippen LogP contribution < -0.4 is 15.0 Å². The van der Waals surface area contributed by atoms with Gasteiger partial charge in [-0.25, -0.2) is 0 Å². The van der Waals surface area contributed by atoms with E-state index < -0.39 is 0 Å². The van der Waals surface area contributed by atoms with Gasteiger partial charge in [-0.1, -0.05) is 36.4 Å². The first-order valence-corrected chi connectivity index (χ1v) is 11.7. The van der Waals surface area contributed by atoms with E-state index in [0.29, 0.717) is 17.0 Å². The van der Waals surface area contributed by atoms with Crippen molar-refractivity contribution >= 4 is 40.6 Å². The van der Waals surface area contributed by atoms with Gasteiger partial charge in [0.15, 0.2) is 0 Å². The van der Waals surface area contributed by atoms with Crippen molar-refractivity contribution in [2.75, 3.05) is 23.1 Å². The third-order valence-corrected chi connectivity index (χ3v) is 6.10. The Morgan fingerprint density at radius 1 is 0.765 bits per heavy atom. The van der Waals surface area contributed by atoms with Gasteiger partial charge in [0.25, 0.3) is 5.91 Å². The lowest BCUT2D eigenvalue weighted by Crippen LogP contribution is -2.27. The number of methoxy groups -OCH3 is 1. The monoisotopic (exact) mass is 468 g/mol. The van der Waals surface area contributed by atoms with Crippen molar-refractivity contribution in [3.05, 3.63) is 115 Å². The Morgan fingerprint density at radius 2 is 1.32 bits per heavy atom. The molecule has 0 aliphatic rings. The average Bonchev–Trinajstić information content (AvgIpc) is 2.90. The number of carbonyl (C=O) groups is 2. The van der Waals surface area contributed by atoms with Crippen molar-refractivity contribution in [3.63, 3.8) is 0 Å². The molecule has 4 aromatic carbocycles. The van der Waals surface area contributed by atoms with E-state index in [1.807, 2.05) is 84.9 Å². The molecule has 0 fully saturated rings. The second kappa shape index (κ2) is 11.2. The summed E-state index contributed by atoms with van der Waals surface area (Å²) in [5.41, 5.74) is 2.89. The second-order valence-corrected chi connectivity index (χ2v) is 8.44. The molecule has 2 amide bonds. The molecule has 4 aromatic rings. The molecule has 6 heteroatoms. The largest absolute Gasteiger partial charge is 0.497 e. The third-order valence-electron chi connectivity index (χ3n) is 5.10. The van der Waals surface area contributed by atoms with Crippen LogP contribution >= 0.6 is 11.8 Å². The third kappa shape index (κ3) is 5.85. The lowest BCUT2D eigenvalue weighted by Gasteiger charge is -2.23. The fourth-order valence-corrected chi connectivity index (χ4v) is 4.13. The maximum Gasteiger partial charge on any atom is 0.255 e. The molecule has 0 atom stereocenters. The molecule has 0 saturated carbocycles. The maximum absolute atomic E-state index is 13.2. The highest BCUT2D eigenvalue weighted by molar-refractivity contribution is 8.00. The van der Waals surface area contributed by atoms with Crippen molar-refractivity contribution < 1.29 is 14.3 Å². The van der Waals surface area contributed by atoms with E-state index in [2.05, 4.69) is 5.32 Å². The summed E-state index contributed by atoms with van der Waals surface area (Å²) >= 11 is 1.46. The lowest BCUT2D eigenvalue weighted by molar-refractivity contribution is -0.115. The quantitative estimate of drug-likeness (QED) is 0.304. The van der Waals surface area contributed by atoms with Crippen LogP contribution in [0.4, 0.5) is 17.1 Å². The first-order valence-electron chi connectivity index (χ1n) is 10.8. The molecule has 1 N–H and O–H groups in total. The zero-order chi connectivity index (χ0) is 23.8. The molecular weight excluding hydrogens is 444 g/mol. The first kappa shape index (κ1) is 23.1. The predicted molar refractivity (Wildman–Crippen MR) is 138 cm³/mol. The molecule has 5 nitrogen and oxygen atoms in total. The molecule has 34 heavy (non-hydrogen) atoms. The first-order chi connectivity index (χ1) is 16.6. The Labute approximate surface area is 203 Å². The number of benzene rings is 4. The number of nitrogens with one attached hydrogen (secondary N) is 1. The molecule has 170 valence electrons. The number of para-hydroxylation sites is 2. The Bertz CT molecular complexity index is 1190. The van der Waals surface area contributed by atoms with E-state index >= 15 is 0 Å². The van der Waals surface area contributed by atoms with Crippen LogP contribution in [0.2, 0.25) is 0 Å². The standard InChI is InChI=1S/C28H24N2O3S/c1-33-25-16-12-21(13-17-25)28(32)29-22-14-18-26(19-15-22)34-20-27(31)30(23-8-4-2-5-9-23)24-10-6-3-7-11-24/h2-19H,20H2,1H3,(H,29,32). The molecule has 4 rings (SSSR count). The van der Waals surface area contributed by atoms with Gasteiger partial charge in [0.05, 0.1) is 12.9 Å². The normalized spacial score (nSPS) is 10.4. The highest BCUT2D eigenvalue weighted by Gasteiger charge is 2.18. The van der Waals surface area contributed by atoms with Crippen molar-refractivity contribution in [2.45, 2.75) is 4.90 Å². The van der Waals surface area contributed by atoms with Crippen molar-refractivity contribution in [1.82, 2.24) is 0 Å². The van der Waals surface area contributed by atoms with Crippen LogP contribution in [-0.2, 0) is 4.79 Å². The number of thioether (sulfide) groups is 1. The average molecular weight is 469 g/mol. The van der Waals surface area contributed by atoms with E-state index in [9.17, 15) is 9.59 Å². The summed E-state index contributed by atoms with van der Waals surface area (Å²) in [6.07, 6.45) is 0. The lowest BCUT2D eigenvalue weighted by atomic mass is 10.2. The van der Waals surface area contributed by atoms with Gasteiger partial charge < -0.3 is 10.1 Å².